The molecule has 0 saturated carbocycles. The van der Waals surface area contributed by atoms with Gasteiger partial charge in [-0.1, -0.05) is 0 Å². The summed E-state index contributed by atoms with van der Waals surface area (Å²) < 4.78 is 5.83. The Bertz CT molecular complexity index is 308. The van der Waals surface area contributed by atoms with Crippen molar-refractivity contribution in [3.63, 3.8) is 0 Å². The summed E-state index contributed by atoms with van der Waals surface area (Å²) in [5, 5.41) is 3.19. The molecule has 0 aromatic carbocycles. The Labute approximate surface area is 89.3 Å². The lowest BCUT2D eigenvalue weighted by atomic mass is 10.1. The summed E-state index contributed by atoms with van der Waals surface area (Å²) in [5.74, 6) is 0. The average Bonchev–Trinajstić information content (AvgIpc) is 2.43. The van der Waals surface area contributed by atoms with Crippen molar-refractivity contribution < 1.29 is 4.74 Å². The number of nitrogens with one attached hydrogen (secondary N) is 1. The second-order valence-corrected chi connectivity index (χ2v) is 5.10. The highest BCUT2D eigenvalue weighted by atomic mass is 32.1. The third kappa shape index (κ3) is 2.00. The third-order valence-electron chi connectivity index (χ3n) is 2.57. The van der Waals surface area contributed by atoms with Gasteiger partial charge in [-0.25, -0.2) is 0 Å². The lowest BCUT2D eigenvalue weighted by Crippen LogP contribution is -2.19. The van der Waals surface area contributed by atoms with E-state index < -0.39 is 0 Å². The Kier molecular flexibility index (Phi) is 3.21. The van der Waals surface area contributed by atoms with E-state index in [1.54, 1.807) is 0 Å². The van der Waals surface area contributed by atoms with E-state index in [2.05, 4.69) is 18.3 Å². The molecule has 2 rings (SSSR count). The van der Waals surface area contributed by atoms with Crippen LogP contribution in [0, 0.1) is 6.92 Å². The Balaban J connectivity index is 2.26. The molecule has 1 aliphatic rings. The van der Waals surface area contributed by atoms with Crippen LogP contribution in [0.2, 0.25) is 0 Å². The van der Waals surface area contributed by atoms with Gasteiger partial charge in [-0.05, 0) is 38.4 Å². The lowest BCUT2D eigenvalue weighted by Gasteiger charge is -2.14. The number of thiophene rings is 1. The van der Waals surface area contributed by atoms with Crippen molar-refractivity contribution >= 4 is 11.3 Å². The van der Waals surface area contributed by atoms with Gasteiger partial charge in [0.25, 0.3) is 0 Å². The van der Waals surface area contributed by atoms with Gasteiger partial charge in [-0.15, -0.1) is 11.3 Å². The zero-order valence-corrected chi connectivity index (χ0v) is 9.62. The summed E-state index contributed by atoms with van der Waals surface area (Å²) in [5.41, 5.74) is 1.42. The predicted molar refractivity (Wildman–Crippen MR) is 60.0 cm³/mol. The van der Waals surface area contributed by atoms with E-state index in [-0.39, 0.29) is 6.10 Å². The molecule has 1 unspecified atom stereocenters. The smallest absolute Gasteiger partial charge is 0.0959 e. The number of ether oxygens (including phenoxy) is 1. The Hall–Kier alpha value is -0.380. The third-order valence-corrected chi connectivity index (χ3v) is 3.69. The molecule has 1 aliphatic heterocycles. The zero-order valence-electron chi connectivity index (χ0n) is 8.80. The largest absolute Gasteiger partial charge is 0.372 e. The summed E-state index contributed by atoms with van der Waals surface area (Å²) >= 11 is 1.93. The molecule has 1 aromatic rings. The van der Waals surface area contributed by atoms with Crippen molar-refractivity contribution in [2.45, 2.75) is 25.9 Å². The van der Waals surface area contributed by atoms with Crippen LogP contribution in [0.4, 0.5) is 0 Å². The molecule has 0 saturated heterocycles. The van der Waals surface area contributed by atoms with Crippen LogP contribution in [0.5, 0.6) is 0 Å². The average molecular weight is 211 g/mol. The molecule has 1 atom stereocenters. The number of aryl methyl sites for hydroxylation is 2. The molecule has 2 heterocycles. The van der Waals surface area contributed by atoms with E-state index in [1.165, 1.54) is 21.7 Å². The minimum Gasteiger partial charge on any atom is -0.372 e. The number of likely N-dealkylation sites (N-methyl/N-ethyl adjacent to an activating group) is 1. The van der Waals surface area contributed by atoms with Crippen LogP contribution in [0.3, 0.4) is 0 Å². The highest BCUT2D eigenvalue weighted by Crippen LogP contribution is 2.32. The maximum atomic E-state index is 5.83. The van der Waals surface area contributed by atoms with Crippen LogP contribution < -0.4 is 5.32 Å². The first-order chi connectivity index (χ1) is 6.81. The van der Waals surface area contributed by atoms with E-state index in [4.69, 9.17) is 4.74 Å². The Morgan fingerprint density at radius 2 is 2.50 bits per heavy atom. The van der Waals surface area contributed by atoms with Crippen LogP contribution in [-0.4, -0.2) is 20.2 Å². The summed E-state index contributed by atoms with van der Waals surface area (Å²) in [6, 6.07) is 2.29. The number of rotatable bonds is 2. The van der Waals surface area contributed by atoms with Crippen molar-refractivity contribution in [3.8, 4) is 0 Å². The van der Waals surface area contributed by atoms with Crippen molar-refractivity contribution in [1.82, 2.24) is 5.32 Å². The molecule has 1 N–H and O–H groups in total. The summed E-state index contributed by atoms with van der Waals surface area (Å²) in [6.45, 7) is 3.99. The van der Waals surface area contributed by atoms with E-state index in [0.29, 0.717) is 0 Å². The second kappa shape index (κ2) is 4.43. The van der Waals surface area contributed by atoms with E-state index in [9.17, 15) is 0 Å². The minimum absolute atomic E-state index is 0.266. The van der Waals surface area contributed by atoms with Crippen LogP contribution in [-0.2, 0) is 11.2 Å². The quantitative estimate of drug-likeness (QED) is 0.810. The molecule has 1 aromatic heterocycles. The van der Waals surface area contributed by atoms with Gasteiger partial charge >= 0.3 is 0 Å². The second-order valence-electron chi connectivity index (χ2n) is 3.76. The Morgan fingerprint density at radius 3 is 3.29 bits per heavy atom. The fraction of sp³-hybridized carbons (Fsp3) is 0.636. The van der Waals surface area contributed by atoms with Gasteiger partial charge in [0.15, 0.2) is 0 Å². The van der Waals surface area contributed by atoms with Gasteiger partial charge in [0.05, 0.1) is 6.10 Å². The first-order valence-electron chi connectivity index (χ1n) is 5.16. The SMILES string of the molecule is CNCC1OCCCc2sc(C)cc21. The molecule has 0 aliphatic carbocycles. The maximum absolute atomic E-state index is 5.83. The standard InChI is InChI=1S/C11H17NOS/c1-8-6-9-10(7-12-2)13-5-3-4-11(9)14-8/h6,10,12H,3-5,7H2,1-2H3. The van der Waals surface area contributed by atoms with Crippen molar-refractivity contribution in [2.75, 3.05) is 20.2 Å². The molecule has 0 radical (unpaired) electrons. The van der Waals surface area contributed by atoms with Crippen molar-refractivity contribution in [1.29, 1.82) is 0 Å². The molecular weight excluding hydrogens is 194 g/mol. The summed E-state index contributed by atoms with van der Waals surface area (Å²) in [6.07, 6.45) is 2.61. The molecule has 0 amide bonds. The highest BCUT2D eigenvalue weighted by molar-refractivity contribution is 7.12. The van der Waals surface area contributed by atoms with Gasteiger partial charge in [0.2, 0.25) is 0 Å². The number of hydrogen-bond acceptors (Lipinski definition) is 3. The number of hydrogen-bond donors (Lipinski definition) is 1. The summed E-state index contributed by atoms with van der Waals surface area (Å²) in [7, 11) is 1.98. The highest BCUT2D eigenvalue weighted by Gasteiger charge is 2.20. The lowest BCUT2D eigenvalue weighted by molar-refractivity contribution is 0.0579. The number of fused-ring (bicyclic) bond motifs is 1. The molecule has 2 nitrogen and oxygen atoms in total. The monoisotopic (exact) mass is 211 g/mol. The van der Waals surface area contributed by atoms with Gasteiger partial charge in [0, 0.05) is 22.9 Å². The minimum atomic E-state index is 0.266. The first kappa shape index (κ1) is 10.1. The van der Waals surface area contributed by atoms with Crippen LogP contribution in [0.1, 0.15) is 27.8 Å². The van der Waals surface area contributed by atoms with Crippen molar-refractivity contribution in [3.05, 3.63) is 21.4 Å². The van der Waals surface area contributed by atoms with Gasteiger partial charge in [0.1, 0.15) is 0 Å². The Morgan fingerprint density at radius 1 is 1.64 bits per heavy atom. The first-order valence-corrected chi connectivity index (χ1v) is 5.98. The van der Waals surface area contributed by atoms with Crippen LogP contribution >= 0.6 is 11.3 Å². The predicted octanol–water partition coefficient (Wildman–Crippen LogP) is 2.28. The molecule has 0 spiro atoms. The van der Waals surface area contributed by atoms with Gasteiger partial charge in [-0.2, -0.15) is 0 Å². The fourth-order valence-corrected chi connectivity index (χ4v) is 3.08. The molecule has 14 heavy (non-hydrogen) atoms. The topological polar surface area (TPSA) is 21.3 Å². The summed E-state index contributed by atoms with van der Waals surface area (Å²) in [4.78, 5) is 2.93. The van der Waals surface area contributed by atoms with Crippen LogP contribution in [0.15, 0.2) is 6.07 Å². The molecule has 78 valence electrons. The molecular formula is C11H17NOS. The zero-order chi connectivity index (χ0) is 9.97. The van der Waals surface area contributed by atoms with E-state index in [0.717, 1.165) is 19.6 Å². The van der Waals surface area contributed by atoms with E-state index in [1.807, 2.05) is 18.4 Å². The van der Waals surface area contributed by atoms with Gasteiger partial charge < -0.3 is 10.1 Å². The van der Waals surface area contributed by atoms with Crippen LogP contribution in [0.25, 0.3) is 0 Å². The normalized spacial score (nSPS) is 21.7. The van der Waals surface area contributed by atoms with Crippen molar-refractivity contribution in [2.24, 2.45) is 0 Å². The molecule has 3 heteroatoms. The van der Waals surface area contributed by atoms with Gasteiger partial charge in [-0.3, -0.25) is 0 Å². The van der Waals surface area contributed by atoms with E-state index >= 15 is 0 Å². The molecule has 0 fully saturated rings. The molecule has 0 bridgehead atoms. The maximum Gasteiger partial charge on any atom is 0.0959 e. The fourth-order valence-electron chi connectivity index (χ4n) is 1.95.